The largest absolute Gasteiger partial charge is 0.507 e. The number of pyridine rings is 1. The summed E-state index contributed by atoms with van der Waals surface area (Å²) in [6.45, 7) is 25.6. The number of benzene rings is 6. The Hall–Kier alpha value is -6.26. The summed E-state index contributed by atoms with van der Waals surface area (Å²) in [5.74, 6) is 0.715. The van der Waals surface area contributed by atoms with Gasteiger partial charge in [-0.3, -0.25) is 9.55 Å². The Bertz CT molecular complexity index is 3370. The summed E-state index contributed by atoms with van der Waals surface area (Å²) in [6, 6.07) is 29.2. The number of hydrogen-bond acceptors (Lipinski definition) is 3. The van der Waals surface area contributed by atoms with Crippen molar-refractivity contribution in [1.82, 2.24) is 14.5 Å². The molecular formula is C58H61N3O. The average Bonchev–Trinajstić information content (AvgIpc) is 3.68. The second-order valence-corrected chi connectivity index (χ2v) is 20.5. The van der Waals surface area contributed by atoms with Crippen molar-refractivity contribution in [3.63, 3.8) is 0 Å². The van der Waals surface area contributed by atoms with Crippen LogP contribution in [0, 0.1) is 0 Å². The van der Waals surface area contributed by atoms with Gasteiger partial charge >= 0.3 is 0 Å². The summed E-state index contributed by atoms with van der Waals surface area (Å²) in [5, 5.41) is 12.6. The highest BCUT2D eigenvalue weighted by Gasteiger charge is 2.30. The van der Waals surface area contributed by atoms with Gasteiger partial charge in [0.05, 0.1) is 38.9 Å². The molecule has 62 heavy (non-hydrogen) atoms. The Morgan fingerprint density at radius 1 is 0.516 bits per heavy atom. The third-order valence-corrected chi connectivity index (χ3v) is 11.6. The highest BCUT2D eigenvalue weighted by Crippen LogP contribution is 2.46. The van der Waals surface area contributed by atoms with E-state index in [2.05, 4.69) is 141 Å². The molecule has 0 spiro atoms. The van der Waals surface area contributed by atoms with Gasteiger partial charge in [-0.15, -0.1) is 0 Å². The molecular weight excluding hydrogens is 755 g/mol. The Morgan fingerprint density at radius 3 is 1.84 bits per heavy atom. The van der Waals surface area contributed by atoms with Crippen LogP contribution in [0.4, 0.5) is 0 Å². The molecule has 2 heterocycles. The summed E-state index contributed by atoms with van der Waals surface area (Å²) in [7, 11) is 0. The van der Waals surface area contributed by atoms with Gasteiger partial charge in [0.25, 0.3) is 0 Å². The molecule has 0 saturated carbocycles. The van der Waals surface area contributed by atoms with Gasteiger partial charge in [-0.05, 0) is 115 Å². The summed E-state index contributed by atoms with van der Waals surface area (Å²) < 4.78 is 71.9. The smallest absolute Gasteiger partial charge is 0.149 e. The number of aromatic nitrogens is 3. The molecule has 0 unspecified atom stereocenters. The predicted molar refractivity (Wildman–Crippen MR) is 263 cm³/mol. The minimum absolute atomic E-state index is 0.0282. The van der Waals surface area contributed by atoms with Gasteiger partial charge in [0.15, 0.2) is 0 Å². The lowest BCUT2D eigenvalue weighted by Gasteiger charge is -2.28. The quantitative estimate of drug-likeness (QED) is 0.182. The molecule has 0 aliphatic heterocycles. The SMILES string of the molecule is [2H]c1nc(-c2cc(-c3cccc4c3nc(-c3cc(C(C)(C)C)cc(C(C)(C)C)c3O)n4-c3ccc(-c4ccccc4)cc3C(C)(C)C)cc(C(C)(C)C)c2)c([2H])c(-c2c([2H])c([2H])c([2H])c([2H])c2[2H])c1[2H]. The molecule has 4 heteroatoms. The average molecular weight is 824 g/mol. The van der Waals surface area contributed by atoms with Gasteiger partial charge in [0.1, 0.15) is 11.6 Å². The summed E-state index contributed by atoms with van der Waals surface area (Å²) >= 11 is 0. The van der Waals surface area contributed by atoms with Crippen LogP contribution in [0.5, 0.6) is 5.75 Å². The Morgan fingerprint density at radius 2 is 1.18 bits per heavy atom. The van der Waals surface area contributed by atoms with Gasteiger partial charge in [0.2, 0.25) is 0 Å². The predicted octanol–water partition coefficient (Wildman–Crippen LogP) is 15.7. The maximum absolute atomic E-state index is 12.6. The minimum atomic E-state index is -0.599. The molecule has 4 nitrogen and oxygen atoms in total. The summed E-state index contributed by atoms with van der Waals surface area (Å²) in [5.41, 5.74) is 8.84. The fraction of sp³-hybridized carbons (Fsp3) is 0.276. The second kappa shape index (κ2) is 15.6. The molecule has 0 amide bonds. The van der Waals surface area contributed by atoms with Crippen LogP contribution in [0.25, 0.3) is 72.7 Å². The van der Waals surface area contributed by atoms with E-state index in [1.54, 1.807) is 0 Å². The monoisotopic (exact) mass is 824 g/mol. The van der Waals surface area contributed by atoms with Crippen molar-refractivity contribution in [3.05, 3.63) is 168 Å². The van der Waals surface area contributed by atoms with E-state index >= 15 is 0 Å². The van der Waals surface area contributed by atoms with E-state index in [0.717, 1.165) is 55.7 Å². The van der Waals surface area contributed by atoms with E-state index in [1.165, 1.54) is 0 Å². The number of hydrogen-bond donors (Lipinski definition) is 1. The Balaban J connectivity index is 1.48. The van der Waals surface area contributed by atoms with E-state index in [4.69, 9.17) is 14.6 Å². The molecule has 1 N–H and O–H groups in total. The first-order valence-electron chi connectivity index (χ1n) is 25.3. The first-order valence-corrected chi connectivity index (χ1v) is 21.3. The summed E-state index contributed by atoms with van der Waals surface area (Å²) in [6.07, 6.45) is -0.499. The standard InChI is InChI=1S/C58H61N3O/c1-55(2,3)43-31-41(30-42(32-43)49-34-40(28-29-59-49)38-22-17-14-18-23-38)45-24-19-25-51-52(45)60-54(46-35-44(56(4,5)6)36-48(53(46)62)58(10,11)12)61(51)50-27-26-39(33-47(50)57(7,8)9)37-20-15-13-16-21-37/h13-36,62H,1-12H3/i14D,17D,18D,22D,23D,28D,29D,34D. The highest BCUT2D eigenvalue weighted by molar-refractivity contribution is 5.97. The third kappa shape index (κ3) is 8.23. The lowest BCUT2D eigenvalue weighted by molar-refractivity contribution is 0.446. The van der Waals surface area contributed by atoms with Crippen LogP contribution in [0.2, 0.25) is 0 Å². The Kier molecular flexibility index (Phi) is 8.39. The number of fused-ring (bicyclic) bond motifs is 1. The molecule has 0 atom stereocenters. The molecule has 314 valence electrons. The number of nitrogens with zero attached hydrogens (tertiary/aromatic N) is 3. The lowest BCUT2D eigenvalue weighted by Crippen LogP contribution is -2.18. The van der Waals surface area contributed by atoms with Gasteiger partial charge in [0, 0.05) is 22.9 Å². The number of phenols is 1. The van der Waals surface area contributed by atoms with E-state index in [0.29, 0.717) is 22.5 Å². The maximum atomic E-state index is 12.6. The zero-order valence-electron chi connectivity index (χ0n) is 46.0. The molecule has 2 aromatic heterocycles. The number of imidazole rings is 1. The topological polar surface area (TPSA) is 50.9 Å². The Labute approximate surface area is 380 Å². The van der Waals surface area contributed by atoms with Gasteiger partial charge < -0.3 is 5.11 Å². The molecule has 0 aliphatic carbocycles. The molecule has 0 fully saturated rings. The van der Waals surface area contributed by atoms with Crippen molar-refractivity contribution in [2.24, 2.45) is 0 Å². The van der Waals surface area contributed by atoms with E-state index in [-0.39, 0.29) is 39.4 Å². The van der Waals surface area contributed by atoms with Gasteiger partial charge in [-0.1, -0.05) is 174 Å². The second-order valence-electron chi connectivity index (χ2n) is 20.5. The number of phenolic OH excluding ortho intramolecular Hbond substituents is 1. The first kappa shape index (κ1) is 33.4. The van der Waals surface area contributed by atoms with Gasteiger partial charge in [-0.2, -0.15) is 0 Å². The van der Waals surface area contributed by atoms with Crippen LogP contribution in [-0.2, 0) is 21.7 Å². The van der Waals surface area contributed by atoms with Crippen LogP contribution in [0.15, 0.2) is 146 Å². The molecule has 0 saturated heterocycles. The third-order valence-electron chi connectivity index (χ3n) is 11.6. The van der Waals surface area contributed by atoms with Crippen molar-refractivity contribution in [2.45, 2.75) is 105 Å². The van der Waals surface area contributed by atoms with Crippen molar-refractivity contribution in [3.8, 4) is 67.5 Å². The normalized spacial score (nSPS) is 14.4. The lowest BCUT2D eigenvalue weighted by atomic mass is 9.78. The summed E-state index contributed by atoms with van der Waals surface area (Å²) in [4.78, 5) is 10.1. The first-order chi connectivity index (χ1) is 32.5. The zero-order valence-corrected chi connectivity index (χ0v) is 38.0. The highest BCUT2D eigenvalue weighted by atomic mass is 16.3. The van der Waals surface area contributed by atoms with Crippen molar-refractivity contribution in [2.75, 3.05) is 0 Å². The van der Waals surface area contributed by atoms with Crippen molar-refractivity contribution in [1.29, 1.82) is 0 Å². The van der Waals surface area contributed by atoms with Gasteiger partial charge in [-0.25, -0.2) is 4.98 Å². The van der Waals surface area contributed by atoms with E-state index in [9.17, 15) is 6.48 Å². The number of para-hydroxylation sites is 1. The molecule has 0 aliphatic rings. The van der Waals surface area contributed by atoms with E-state index in [1.807, 2.05) is 48.5 Å². The van der Waals surface area contributed by atoms with Crippen LogP contribution in [-0.4, -0.2) is 19.6 Å². The number of rotatable bonds is 6. The van der Waals surface area contributed by atoms with Crippen molar-refractivity contribution < 1.29 is 16.1 Å². The van der Waals surface area contributed by atoms with Crippen molar-refractivity contribution >= 4 is 11.0 Å². The number of aromatic hydroxyl groups is 1. The molecule has 0 radical (unpaired) electrons. The van der Waals surface area contributed by atoms with Crippen LogP contribution >= 0.6 is 0 Å². The zero-order chi connectivity index (χ0) is 51.3. The maximum Gasteiger partial charge on any atom is 0.149 e. The van der Waals surface area contributed by atoms with Crippen LogP contribution in [0.1, 0.15) is 116 Å². The fourth-order valence-corrected chi connectivity index (χ4v) is 8.02. The molecule has 0 bridgehead atoms. The van der Waals surface area contributed by atoms with E-state index < -0.39 is 53.3 Å². The van der Waals surface area contributed by atoms with Crippen LogP contribution in [0.3, 0.4) is 0 Å². The fourth-order valence-electron chi connectivity index (χ4n) is 8.02. The molecule has 8 aromatic rings. The minimum Gasteiger partial charge on any atom is -0.507 e. The molecule has 8 rings (SSSR count). The molecule has 6 aromatic carbocycles. The van der Waals surface area contributed by atoms with Crippen LogP contribution < -0.4 is 0 Å².